The number of halogens is 1. The molecule has 36 heavy (non-hydrogen) atoms. The Kier molecular flexibility index (Phi) is 7.67. The molecule has 1 N–H and O–H groups in total. The molecule has 0 radical (unpaired) electrons. The van der Waals surface area contributed by atoms with Gasteiger partial charge in [0.05, 0.1) is 30.1 Å². The average Bonchev–Trinajstić information content (AvgIpc) is 3.54. The van der Waals surface area contributed by atoms with Gasteiger partial charge in [-0.2, -0.15) is 0 Å². The minimum absolute atomic E-state index is 0.0466. The van der Waals surface area contributed by atoms with E-state index >= 15 is 0 Å². The van der Waals surface area contributed by atoms with Gasteiger partial charge in [0.1, 0.15) is 5.01 Å². The molecule has 1 fully saturated rings. The molecule has 3 aromatic rings. The second-order valence-electron chi connectivity index (χ2n) is 9.40. The molecule has 5 rings (SSSR count). The topological polar surface area (TPSA) is 57.7 Å². The second kappa shape index (κ2) is 11.1. The minimum atomic E-state index is -0.197. The van der Waals surface area contributed by atoms with Crippen LogP contribution in [0, 0.1) is 0 Å². The van der Waals surface area contributed by atoms with Gasteiger partial charge < -0.3 is 19.9 Å². The highest BCUT2D eigenvalue weighted by Gasteiger charge is 2.37. The zero-order chi connectivity index (χ0) is 25.1. The molecular formula is C28H33ClN4O2S. The molecule has 1 amide bonds. The van der Waals surface area contributed by atoms with Crippen molar-refractivity contribution in [1.29, 1.82) is 0 Å². The third-order valence-corrected chi connectivity index (χ3v) is 8.23. The van der Waals surface area contributed by atoms with Gasteiger partial charge in [-0.1, -0.05) is 43.1 Å². The van der Waals surface area contributed by atoms with Crippen molar-refractivity contribution >= 4 is 40.4 Å². The van der Waals surface area contributed by atoms with Gasteiger partial charge in [0.25, 0.3) is 0 Å². The number of anilines is 2. The number of amides is 1. The number of fused-ring (bicyclic) bond motifs is 1. The summed E-state index contributed by atoms with van der Waals surface area (Å²) in [6.07, 6.45) is 5.96. The zero-order valence-corrected chi connectivity index (χ0v) is 22.4. The monoisotopic (exact) mass is 524 g/mol. The summed E-state index contributed by atoms with van der Waals surface area (Å²) in [5.41, 5.74) is 4.83. The van der Waals surface area contributed by atoms with Crippen molar-refractivity contribution in [2.75, 3.05) is 29.9 Å². The lowest BCUT2D eigenvalue weighted by Crippen LogP contribution is -2.50. The van der Waals surface area contributed by atoms with Crippen LogP contribution in [0.3, 0.4) is 0 Å². The van der Waals surface area contributed by atoms with Gasteiger partial charge in [0.15, 0.2) is 0 Å². The molecule has 2 aliphatic rings. The molecule has 3 heterocycles. The Bertz CT molecular complexity index is 1160. The highest BCUT2D eigenvalue weighted by Crippen LogP contribution is 2.43. The molecule has 2 unspecified atom stereocenters. The van der Waals surface area contributed by atoms with Crippen molar-refractivity contribution in [3.05, 3.63) is 75.2 Å². The number of hydrogen-bond donors (Lipinski definition) is 1. The zero-order valence-electron chi connectivity index (χ0n) is 20.8. The van der Waals surface area contributed by atoms with E-state index in [0.29, 0.717) is 12.6 Å². The normalized spacial score (nSPS) is 18.6. The number of likely N-dealkylation sites (tertiary alicyclic amines) is 1. The molecule has 0 spiro atoms. The predicted octanol–water partition coefficient (Wildman–Crippen LogP) is 6.96. The number of piperidine rings is 1. The maximum Gasteiger partial charge on any atom is 0.409 e. The van der Waals surface area contributed by atoms with Gasteiger partial charge >= 0.3 is 6.09 Å². The van der Waals surface area contributed by atoms with Crippen LogP contribution in [-0.4, -0.2) is 47.9 Å². The van der Waals surface area contributed by atoms with Crippen LogP contribution in [0.25, 0.3) is 0 Å². The van der Waals surface area contributed by atoms with E-state index < -0.39 is 0 Å². The molecule has 1 saturated heterocycles. The smallest absolute Gasteiger partial charge is 0.409 e. The standard InChI is InChI=1S/C28H33ClN4O2S/c1-3-5-25-31-23-11-8-20(26(27-30-14-17-36-27)19-6-9-21(29)10-7-19)18-24(23)33(25)22-12-15-32(16-13-22)28(34)35-4-2/h6-11,14,17-18,22,25-26,31H,3-5,12-13,15-16H2,1-2H3. The fraction of sp³-hybridized carbons (Fsp3) is 0.429. The number of aromatic nitrogens is 1. The lowest BCUT2D eigenvalue weighted by Gasteiger charge is -2.40. The molecular weight excluding hydrogens is 492 g/mol. The summed E-state index contributed by atoms with van der Waals surface area (Å²) in [6.45, 7) is 5.95. The van der Waals surface area contributed by atoms with Crippen LogP contribution in [0.15, 0.2) is 54.0 Å². The molecule has 2 atom stereocenters. The van der Waals surface area contributed by atoms with E-state index in [1.54, 1.807) is 11.3 Å². The first-order valence-electron chi connectivity index (χ1n) is 12.8. The molecule has 8 heteroatoms. The summed E-state index contributed by atoms with van der Waals surface area (Å²) < 4.78 is 5.23. The number of nitrogens with zero attached hydrogens (tertiary/aromatic N) is 3. The lowest BCUT2D eigenvalue weighted by atomic mass is 9.91. The fourth-order valence-corrected chi connectivity index (χ4v) is 6.39. The first-order valence-corrected chi connectivity index (χ1v) is 14.1. The Hall–Kier alpha value is -2.77. The molecule has 6 nitrogen and oxygen atoms in total. The number of nitrogens with one attached hydrogen (secondary N) is 1. The van der Waals surface area contributed by atoms with E-state index in [9.17, 15) is 4.79 Å². The summed E-state index contributed by atoms with van der Waals surface area (Å²) in [6, 6.07) is 15.3. The summed E-state index contributed by atoms with van der Waals surface area (Å²) >= 11 is 7.88. The SMILES string of the molecule is CCCC1Nc2ccc(C(c3ccc(Cl)cc3)c3nccs3)cc2N1C1CCN(C(=O)OCC)CC1. The fourth-order valence-electron chi connectivity index (χ4n) is 5.47. The Morgan fingerprint density at radius 3 is 2.58 bits per heavy atom. The number of rotatable bonds is 7. The molecule has 2 aliphatic heterocycles. The van der Waals surface area contributed by atoms with Crippen LogP contribution in [0.1, 0.15) is 61.6 Å². The highest BCUT2D eigenvalue weighted by atomic mass is 35.5. The number of carbonyl (C=O) groups is 1. The number of thiazole rings is 1. The van der Waals surface area contributed by atoms with Crippen LogP contribution in [0.2, 0.25) is 5.02 Å². The maximum absolute atomic E-state index is 12.2. The minimum Gasteiger partial charge on any atom is -0.450 e. The molecule has 2 aromatic carbocycles. The van der Waals surface area contributed by atoms with Crippen LogP contribution >= 0.6 is 22.9 Å². The van der Waals surface area contributed by atoms with Gasteiger partial charge in [0.2, 0.25) is 0 Å². The summed E-state index contributed by atoms with van der Waals surface area (Å²) in [5, 5.41) is 7.62. The summed E-state index contributed by atoms with van der Waals surface area (Å²) in [4.78, 5) is 21.3. The number of hydrogen-bond acceptors (Lipinski definition) is 6. The van der Waals surface area contributed by atoms with E-state index in [2.05, 4.69) is 52.5 Å². The van der Waals surface area contributed by atoms with Gasteiger partial charge in [-0.3, -0.25) is 0 Å². The van der Waals surface area contributed by atoms with Crippen molar-refractivity contribution in [3.63, 3.8) is 0 Å². The van der Waals surface area contributed by atoms with Gasteiger partial charge in [0, 0.05) is 35.7 Å². The molecule has 0 aliphatic carbocycles. The van der Waals surface area contributed by atoms with E-state index in [0.717, 1.165) is 48.8 Å². The largest absolute Gasteiger partial charge is 0.450 e. The first-order chi connectivity index (χ1) is 17.6. The Balaban J connectivity index is 1.46. The Morgan fingerprint density at radius 1 is 1.17 bits per heavy atom. The first kappa shape index (κ1) is 24.9. The van der Waals surface area contributed by atoms with Crippen molar-refractivity contribution in [3.8, 4) is 0 Å². The molecule has 0 saturated carbocycles. The predicted molar refractivity (Wildman–Crippen MR) is 147 cm³/mol. The van der Waals surface area contributed by atoms with Crippen LogP contribution in [0.5, 0.6) is 0 Å². The molecule has 0 bridgehead atoms. The van der Waals surface area contributed by atoms with Crippen LogP contribution in [-0.2, 0) is 4.74 Å². The number of carbonyl (C=O) groups excluding carboxylic acids is 1. The third-order valence-electron chi connectivity index (χ3n) is 7.14. The van der Waals surface area contributed by atoms with Crippen LogP contribution in [0.4, 0.5) is 16.2 Å². The van der Waals surface area contributed by atoms with E-state index in [4.69, 9.17) is 16.3 Å². The number of ether oxygens (including phenoxy) is 1. The van der Waals surface area contributed by atoms with Crippen molar-refractivity contribution in [2.24, 2.45) is 0 Å². The van der Waals surface area contributed by atoms with Crippen molar-refractivity contribution in [1.82, 2.24) is 9.88 Å². The molecule has 190 valence electrons. The summed E-state index contributed by atoms with van der Waals surface area (Å²) in [7, 11) is 0. The number of benzene rings is 2. The van der Waals surface area contributed by atoms with Crippen molar-refractivity contribution < 1.29 is 9.53 Å². The Morgan fingerprint density at radius 2 is 1.92 bits per heavy atom. The Labute approximate surface area is 222 Å². The maximum atomic E-state index is 12.2. The van der Waals surface area contributed by atoms with Crippen molar-refractivity contribution in [2.45, 2.75) is 57.7 Å². The van der Waals surface area contributed by atoms with E-state index in [1.165, 1.54) is 22.5 Å². The van der Waals surface area contributed by atoms with Gasteiger partial charge in [-0.15, -0.1) is 11.3 Å². The van der Waals surface area contributed by atoms with Gasteiger partial charge in [-0.25, -0.2) is 9.78 Å². The average molecular weight is 525 g/mol. The van der Waals surface area contributed by atoms with E-state index in [-0.39, 0.29) is 18.2 Å². The second-order valence-corrected chi connectivity index (χ2v) is 10.8. The quantitative estimate of drug-likeness (QED) is 0.362. The lowest BCUT2D eigenvalue weighted by molar-refractivity contribution is 0.0965. The van der Waals surface area contributed by atoms with E-state index in [1.807, 2.05) is 35.5 Å². The third kappa shape index (κ3) is 5.04. The highest BCUT2D eigenvalue weighted by molar-refractivity contribution is 7.09. The van der Waals surface area contributed by atoms with Gasteiger partial charge in [-0.05, 0) is 61.6 Å². The molecule has 1 aromatic heterocycles. The van der Waals surface area contributed by atoms with Crippen LogP contribution < -0.4 is 10.2 Å². The summed E-state index contributed by atoms with van der Waals surface area (Å²) in [5.74, 6) is 0.0466.